The summed E-state index contributed by atoms with van der Waals surface area (Å²) in [5.41, 5.74) is 2.38. The van der Waals surface area contributed by atoms with Gasteiger partial charge in [-0.2, -0.15) is 0 Å². The Morgan fingerprint density at radius 1 is 1.10 bits per heavy atom. The van der Waals surface area contributed by atoms with Crippen LogP contribution in [0.4, 0.5) is 14.5 Å². The van der Waals surface area contributed by atoms with E-state index in [1.54, 1.807) is 4.90 Å². The Balaban J connectivity index is 1.53. The van der Waals surface area contributed by atoms with Crippen LogP contribution in [0.15, 0.2) is 24.3 Å². The van der Waals surface area contributed by atoms with Gasteiger partial charge in [-0.3, -0.25) is 4.79 Å². The number of carbonyl (C=O) groups is 1. The molecule has 0 bridgehead atoms. The van der Waals surface area contributed by atoms with Crippen molar-refractivity contribution >= 4 is 11.6 Å². The van der Waals surface area contributed by atoms with Gasteiger partial charge in [-0.05, 0) is 19.1 Å². The minimum atomic E-state index is -2.62. The van der Waals surface area contributed by atoms with Crippen molar-refractivity contribution in [1.82, 2.24) is 4.90 Å². The SMILES string of the molecule is Cc1ccc(N2CCN(C(=O)C3CC(F)(F)C3)CC2)cc1. The second-order valence-corrected chi connectivity index (χ2v) is 6.11. The molecule has 0 spiro atoms. The molecule has 1 aliphatic heterocycles. The summed E-state index contributed by atoms with van der Waals surface area (Å²) in [6.07, 6.45) is -0.548. The lowest BCUT2D eigenvalue weighted by Crippen LogP contribution is -2.53. The van der Waals surface area contributed by atoms with Crippen LogP contribution in [0.25, 0.3) is 0 Å². The molecule has 21 heavy (non-hydrogen) atoms. The molecule has 2 aliphatic rings. The van der Waals surface area contributed by atoms with E-state index in [1.807, 2.05) is 0 Å². The smallest absolute Gasteiger partial charge is 0.249 e. The number of carbonyl (C=O) groups excluding carboxylic acids is 1. The molecule has 2 fully saturated rings. The summed E-state index contributed by atoms with van der Waals surface area (Å²) >= 11 is 0. The predicted octanol–water partition coefficient (Wildman–Crippen LogP) is 2.69. The lowest BCUT2D eigenvalue weighted by Gasteiger charge is -2.41. The molecule has 1 saturated carbocycles. The number of piperazine rings is 1. The quantitative estimate of drug-likeness (QED) is 0.837. The van der Waals surface area contributed by atoms with Crippen molar-refractivity contribution < 1.29 is 13.6 Å². The Bertz CT molecular complexity index is 514. The van der Waals surface area contributed by atoms with Gasteiger partial charge in [0.1, 0.15) is 0 Å². The summed E-state index contributed by atoms with van der Waals surface area (Å²) in [6.45, 7) is 4.81. The third kappa shape index (κ3) is 3.01. The number of halogens is 2. The van der Waals surface area contributed by atoms with Gasteiger partial charge in [0.15, 0.2) is 0 Å². The van der Waals surface area contributed by atoms with Crippen LogP contribution in [0.2, 0.25) is 0 Å². The summed E-state index contributed by atoms with van der Waals surface area (Å²) in [5, 5.41) is 0. The highest BCUT2D eigenvalue weighted by Gasteiger charge is 2.49. The summed E-state index contributed by atoms with van der Waals surface area (Å²) < 4.78 is 25.7. The van der Waals surface area contributed by atoms with Gasteiger partial charge in [0, 0.05) is 50.6 Å². The van der Waals surface area contributed by atoms with Gasteiger partial charge >= 0.3 is 0 Å². The fourth-order valence-corrected chi connectivity index (χ4v) is 3.03. The lowest BCUT2D eigenvalue weighted by molar-refractivity contribution is -0.160. The molecule has 1 amide bonds. The Morgan fingerprint density at radius 3 is 2.19 bits per heavy atom. The zero-order valence-corrected chi connectivity index (χ0v) is 12.2. The van der Waals surface area contributed by atoms with Gasteiger partial charge in [0.05, 0.1) is 0 Å². The van der Waals surface area contributed by atoms with Crippen molar-refractivity contribution in [2.24, 2.45) is 5.92 Å². The number of hydrogen-bond donors (Lipinski definition) is 0. The van der Waals surface area contributed by atoms with Crippen LogP contribution in [0.1, 0.15) is 18.4 Å². The van der Waals surface area contributed by atoms with Crippen molar-refractivity contribution in [2.45, 2.75) is 25.7 Å². The van der Waals surface area contributed by atoms with Crippen molar-refractivity contribution in [3.05, 3.63) is 29.8 Å². The van der Waals surface area contributed by atoms with E-state index in [0.29, 0.717) is 13.1 Å². The Kier molecular flexibility index (Phi) is 3.59. The Hall–Kier alpha value is -1.65. The molecule has 0 radical (unpaired) electrons. The molecule has 3 rings (SSSR count). The maximum absolute atomic E-state index is 12.9. The molecule has 1 saturated heterocycles. The van der Waals surface area contributed by atoms with E-state index in [-0.39, 0.29) is 18.7 Å². The van der Waals surface area contributed by atoms with Crippen LogP contribution in [-0.4, -0.2) is 42.9 Å². The van der Waals surface area contributed by atoms with Crippen molar-refractivity contribution in [1.29, 1.82) is 0 Å². The fourth-order valence-electron chi connectivity index (χ4n) is 3.03. The first-order valence-electron chi connectivity index (χ1n) is 7.43. The first-order valence-corrected chi connectivity index (χ1v) is 7.43. The molecule has 1 aliphatic carbocycles. The molecule has 0 atom stereocenters. The minimum Gasteiger partial charge on any atom is -0.368 e. The summed E-state index contributed by atoms with van der Waals surface area (Å²) in [7, 11) is 0. The molecule has 5 heteroatoms. The van der Waals surface area contributed by atoms with Gasteiger partial charge in [0.25, 0.3) is 0 Å². The molecule has 0 unspecified atom stereocenters. The van der Waals surface area contributed by atoms with Crippen LogP contribution >= 0.6 is 0 Å². The molecular formula is C16H20F2N2O. The zero-order chi connectivity index (χ0) is 15.0. The monoisotopic (exact) mass is 294 g/mol. The third-order valence-electron chi connectivity index (χ3n) is 4.43. The molecule has 0 aromatic heterocycles. The molecule has 3 nitrogen and oxygen atoms in total. The molecule has 1 aromatic carbocycles. The van der Waals surface area contributed by atoms with Crippen molar-refractivity contribution in [2.75, 3.05) is 31.1 Å². The first kappa shape index (κ1) is 14.3. The average Bonchev–Trinajstić information content (AvgIpc) is 2.45. The van der Waals surface area contributed by atoms with E-state index in [2.05, 4.69) is 36.1 Å². The zero-order valence-electron chi connectivity index (χ0n) is 12.2. The van der Waals surface area contributed by atoms with Crippen molar-refractivity contribution in [3.8, 4) is 0 Å². The molecule has 0 N–H and O–H groups in total. The number of anilines is 1. The lowest BCUT2D eigenvalue weighted by atomic mass is 9.80. The second kappa shape index (κ2) is 5.28. The van der Waals surface area contributed by atoms with Gasteiger partial charge in [0.2, 0.25) is 11.8 Å². The van der Waals surface area contributed by atoms with Crippen LogP contribution in [0, 0.1) is 12.8 Å². The number of benzene rings is 1. The number of hydrogen-bond acceptors (Lipinski definition) is 2. The van der Waals surface area contributed by atoms with Crippen LogP contribution in [0.3, 0.4) is 0 Å². The highest BCUT2D eigenvalue weighted by atomic mass is 19.3. The maximum atomic E-state index is 12.9. The molecule has 1 heterocycles. The minimum absolute atomic E-state index is 0.0931. The van der Waals surface area contributed by atoms with E-state index < -0.39 is 11.8 Å². The standard InChI is InChI=1S/C16H20F2N2O/c1-12-2-4-14(5-3-12)19-6-8-20(9-7-19)15(21)13-10-16(17,18)11-13/h2-5,13H,6-11H2,1H3. The number of aryl methyl sites for hydroxylation is 1. The number of nitrogens with zero attached hydrogens (tertiary/aromatic N) is 2. The first-order chi connectivity index (χ1) is 9.94. The van der Waals surface area contributed by atoms with E-state index in [1.165, 1.54) is 5.56 Å². The largest absolute Gasteiger partial charge is 0.368 e. The normalized spacial score (nSPS) is 22.0. The van der Waals surface area contributed by atoms with Crippen LogP contribution in [0.5, 0.6) is 0 Å². The average molecular weight is 294 g/mol. The number of rotatable bonds is 2. The van der Waals surface area contributed by atoms with Crippen LogP contribution in [-0.2, 0) is 4.79 Å². The van der Waals surface area contributed by atoms with Gasteiger partial charge < -0.3 is 9.80 Å². The summed E-state index contributed by atoms with van der Waals surface area (Å²) in [5.74, 6) is -3.18. The Labute approximate surface area is 123 Å². The fraction of sp³-hybridized carbons (Fsp3) is 0.562. The van der Waals surface area contributed by atoms with E-state index in [0.717, 1.165) is 18.8 Å². The van der Waals surface area contributed by atoms with E-state index in [9.17, 15) is 13.6 Å². The van der Waals surface area contributed by atoms with Crippen molar-refractivity contribution in [3.63, 3.8) is 0 Å². The topological polar surface area (TPSA) is 23.6 Å². The number of amides is 1. The summed E-state index contributed by atoms with van der Waals surface area (Å²) in [6, 6.07) is 8.31. The molecule has 114 valence electrons. The van der Waals surface area contributed by atoms with Gasteiger partial charge in [-0.15, -0.1) is 0 Å². The second-order valence-electron chi connectivity index (χ2n) is 6.11. The summed E-state index contributed by atoms with van der Waals surface area (Å²) in [4.78, 5) is 16.1. The molecular weight excluding hydrogens is 274 g/mol. The Morgan fingerprint density at radius 2 is 1.67 bits per heavy atom. The molecule has 1 aromatic rings. The van der Waals surface area contributed by atoms with Crippen LogP contribution < -0.4 is 4.90 Å². The number of alkyl halides is 2. The van der Waals surface area contributed by atoms with E-state index >= 15 is 0 Å². The van der Waals surface area contributed by atoms with Gasteiger partial charge in [-0.1, -0.05) is 17.7 Å². The highest BCUT2D eigenvalue weighted by molar-refractivity contribution is 5.80. The predicted molar refractivity (Wildman–Crippen MR) is 77.6 cm³/mol. The van der Waals surface area contributed by atoms with Gasteiger partial charge in [-0.25, -0.2) is 8.78 Å². The highest BCUT2D eigenvalue weighted by Crippen LogP contribution is 2.43. The maximum Gasteiger partial charge on any atom is 0.249 e. The van der Waals surface area contributed by atoms with E-state index in [4.69, 9.17) is 0 Å². The third-order valence-corrected chi connectivity index (χ3v) is 4.43.